The highest BCUT2D eigenvalue weighted by molar-refractivity contribution is 5.76. The summed E-state index contributed by atoms with van der Waals surface area (Å²) < 4.78 is 4.85. The van der Waals surface area contributed by atoms with Gasteiger partial charge >= 0.3 is 0 Å². The summed E-state index contributed by atoms with van der Waals surface area (Å²) >= 11 is 0. The fourth-order valence-electron chi connectivity index (χ4n) is 1.58. The first kappa shape index (κ1) is 12.4. The highest BCUT2D eigenvalue weighted by Gasteiger charge is 2.10. The van der Waals surface area contributed by atoms with Crippen molar-refractivity contribution in [2.45, 2.75) is 6.42 Å². The summed E-state index contributed by atoms with van der Waals surface area (Å²) in [6.45, 7) is 6.21. The second kappa shape index (κ2) is 7.62. The summed E-state index contributed by atoms with van der Waals surface area (Å²) in [4.78, 5) is 13.7. The molecule has 0 bridgehead atoms. The Morgan fingerprint density at radius 1 is 1.47 bits per heavy atom. The van der Waals surface area contributed by atoms with E-state index in [4.69, 9.17) is 4.74 Å². The number of carbonyl (C=O) groups is 1. The lowest BCUT2D eigenvalue weighted by Gasteiger charge is -2.26. The third kappa shape index (κ3) is 5.71. The van der Waals surface area contributed by atoms with E-state index in [-0.39, 0.29) is 5.91 Å². The number of nitrogens with zero attached hydrogens (tertiary/aromatic N) is 1. The zero-order valence-electron chi connectivity index (χ0n) is 9.42. The number of carbonyl (C=O) groups excluding carboxylic acids is 1. The van der Waals surface area contributed by atoms with Crippen molar-refractivity contribution in [2.75, 3.05) is 53.0 Å². The van der Waals surface area contributed by atoms with Crippen molar-refractivity contribution in [1.82, 2.24) is 15.5 Å². The average molecular weight is 215 g/mol. The normalized spacial score (nSPS) is 17.7. The molecule has 0 aromatic carbocycles. The van der Waals surface area contributed by atoms with Gasteiger partial charge in [-0.2, -0.15) is 0 Å². The molecule has 1 amide bonds. The van der Waals surface area contributed by atoms with Crippen molar-refractivity contribution in [1.29, 1.82) is 0 Å². The molecule has 2 N–H and O–H groups in total. The maximum atomic E-state index is 11.4. The van der Waals surface area contributed by atoms with Gasteiger partial charge in [0, 0.05) is 52.8 Å². The van der Waals surface area contributed by atoms with Crippen molar-refractivity contribution < 1.29 is 9.53 Å². The molecule has 0 atom stereocenters. The lowest BCUT2D eigenvalue weighted by molar-refractivity contribution is -0.121. The van der Waals surface area contributed by atoms with Gasteiger partial charge in [0.15, 0.2) is 0 Å². The van der Waals surface area contributed by atoms with E-state index >= 15 is 0 Å². The largest absolute Gasteiger partial charge is 0.383 e. The second-order valence-electron chi connectivity index (χ2n) is 3.68. The third-order valence-electron chi connectivity index (χ3n) is 2.49. The Bertz CT molecular complexity index is 182. The van der Waals surface area contributed by atoms with Crippen LogP contribution >= 0.6 is 0 Å². The van der Waals surface area contributed by atoms with Crippen molar-refractivity contribution in [3.63, 3.8) is 0 Å². The molecule has 1 aliphatic rings. The SMILES string of the molecule is COCCNC(=O)CCN1CCNCC1. The predicted octanol–water partition coefficient (Wildman–Crippen LogP) is -0.956. The molecular formula is C10H21N3O2. The Morgan fingerprint density at radius 3 is 2.87 bits per heavy atom. The molecule has 0 radical (unpaired) electrons. The van der Waals surface area contributed by atoms with E-state index < -0.39 is 0 Å². The summed E-state index contributed by atoms with van der Waals surface area (Å²) in [6, 6.07) is 0. The van der Waals surface area contributed by atoms with Crippen LogP contribution in [0.2, 0.25) is 0 Å². The Hall–Kier alpha value is -0.650. The molecule has 15 heavy (non-hydrogen) atoms. The number of amides is 1. The standard InChI is InChI=1S/C10H21N3O2/c1-15-9-5-12-10(14)2-6-13-7-3-11-4-8-13/h11H,2-9H2,1H3,(H,12,14). The highest BCUT2D eigenvalue weighted by atomic mass is 16.5. The molecule has 1 fully saturated rings. The van der Waals surface area contributed by atoms with Gasteiger partial charge in [0.05, 0.1) is 6.61 Å². The molecule has 1 heterocycles. The van der Waals surface area contributed by atoms with Crippen LogP contribution in [0.1, 0.15) is 6.42 Å². The molecule has 1 aliphatic heterocycles. The molecule has 1 saturated heterocycles. The van der Waals surface area contributed by atoms with E-state index in [1.54, 1.807) is 7.11 Å². The zero-order chi connectivity index (χ0) is 10.9. The lowest BCUT2D eigenvalue weighted by atomic mass is 10.3. The quantitative estimate of drug-likeness (QED) is 0.561. The van der Waals surface area contributed by atoms with Crippen LogP contribution in [-0.2, 0) is 9.53 Å². The molecule has 5 nitrogen and oxygen atoms in total. The molecule has 5 heteroatoms. The first-order chi connectivity index (χ1) is 7.33. The van der Waals surface area contributed by atoms with E-state index in [9.17, 15) is 4.79 Å². The predicted molar refractivity (Wildman–Crippen MR) is 58.8 cm³/mol. The van der Waals surface area contributed by atoms with Crippen molar-refractivity contribution in [3.05, 3.63) is 0 Å². The van der Waals surface area contributed by atoms with Crippen molar-refractivity contribution in [3.8, 4) is 0 Å². The fraction of sp³-hybridized carbons (Fsp3) is 0.900. The summed E-state index contributed by atoms with van der Waals surface area (Å²) in [5.74, 6) is 0.116. The average Bonchev–Trinajstić information content (AvgIpc) is 2.28. The lowest BCUT2D eigenvalue weighted by Crippen LogP contribution is -2.44. The maximum Gasteiger partial charge on any atom is 0.221 e. The molecule has 0 aromatic heterocycles. The van der Waals surface area contributed by atoms with Crippen LogP contribution in [0.4, 0.5) is 0 Å². The zero-order valence-corrected chi connectivity index (χ0v) is 9.42. The number of nitrogens with one attached hydrogen (secondary N) is 2. The Balaban J connectivity index is 2.00. The van der Waals surface area contributed by atoms with Crippen LogP contribution in [0.3, 0.4) is 0 Å². The molecule has 0 aliphatic carbocycles. The topological polar surface area (TPSA) is 53.6 Å². The third-order valence-corrected chi connectivity index (χ3v) is 2.49. The van der Waals surface area contributed by atoms with Gasteiger partial charge in [-0.05, 0) is 0 Å². The Kier molecular flexibility index (Phi) is 6.31. The second-order valence-corrected chi connectivity index (χ2v) is 3.68. The molecular weight excluding hydrogens is 194 g/mol. The van der Waals surface area contributed by atoms with Crippen molar-refractivity contribution >= 4 is 5.91 Å². The first-order valence-electron chi connectivity index (χ1n) is 5.51. The van der Waals surface area contributed by atoms with Gasteiger partial charge in [0.1, 0.15) is 0 Å². The van der Waals surface area contributed by atoms with Gasteiger partial charge in [-0.15, -0.1) is 0 Å². The van der Waals surface area contributed by atoms with E-state index in [1.807, 2.05) is 0 Å². The van der Waals surface area contributed by atoms with Gasteiger partial charge in [-0.25, -0.2) is 0 Å². The number of hydrogen-bond donors (Lipinski definition) is 2. The van der Waals surface area contributed by atoms with E-state index in [1.165, 1.54) is 0 Å². The van der Waals surface area contributed by atoms with Crippen LogP contribution in [0.15, 0.2) is 0 Å². The molecule has 0 spiro atoms. The molecule has 88 valence electrons. The van der Waals surface area contributed by atoms with Gasteiger partial charge in [0.2, 0.25) is 5.91 Å². The van der Waals surface area contributed by atoms with E-state index in [0.717, 1.165) is 32.7 Å². The van der Waals surface area contributed by atoms with Crippen LogP contribution < -0.4 is 10.6 Å². The molecule has 0 saturated carbocycles. The van der Waals surface area contributed by atoms with Gasteiger partial charge in [-0.3, -0.25) is 4.79 Å². The summed E-state index contributed by atoms with van der Waals surface area (Å²) in [5, 5.41) is 6.10. The van der Waals surface area contributed by atoms with Gasteiger partial charge in [0.25, 0.3) is 0 Å². The van der Waals surface area contributed by atoms with E-state index in [0.29, 0.717) is 19.6 Å². The molecule has 0 unspecified atom stereocenters. The molecule has 0 aromatic rings. The summed E-state index contributed by atoms with van der Waals surface area (Å²) in [7, 11) is 1.63. The van der Waals surface area contributed by atoms with E-state index in [2.05, 4.69) is 15.5 Å². The number of rotatable bonds is 6. The minimum atomic E-state index is 0.116. The number of methoxy groups -OCH3 is 1. The van der Waals surface area contributed by atoms with Crippen LogP contribution in [-0.4, -0.2) is 63.8 Å². The van der Waals surface area contributed by atoms with Gasteiger partial charge in [-0.1, -0.05) is 0 Å². The maximum absolute atomic E-state index is 11.4. The highest BCUT2D eigenvalue weighted by Crippen LogP contribution is 1.94. The number of piperazine rings is 1. The fourth-order valence-corrected chi connectivity index (χ4v) is 1.58. The smallest absolute Gasteiger partial charge is 0.221 e. The monoisotopic (exact) mass is 215 g/mol. The Labute approximate surface area is 91.2 Å². The van der Waals surface area contributed by atoms with Crippen molar-refractivity contribution in [2.24, 2.45) is 0 Å². The number of hydrogen-bond acceptors (Lipinski definition) is 4. The summed E-state index contributed by atoms with van der Waals surface area (Å²) in [5.41, 5.74) is 0. The van der Waals surface area contributed by atoms with Crippen LogP contribution in [0, 0.1) is 0 Å². The minimum absolute atomic E-state index is 0.116. The Morgan fingerprint density at radius 2 is 2.20 bits per heavy atom. The first-order valence-corrected chi connectivity index (χ1v) is 5.51. The van der Waals surface area contributed by atoms with Crippen LogP contribution in [0.5, 0.6) is 0 Å². The number of ether oxygens (including phenoxy) is 1. The van der Waals surface area contributed by atoms with Gasteiger partial charge < -0.3 is 20.3 Å². The minimum Gasteiger partial charge on any atom is -0.383 e. The summed E-state index contributed by atoms with van der Waals surface area (Å²) in [6.07, 6.45) is 0.587. The molecule has 1 rings (SSSR count). The van der Waals surface area contributed by atoms with Crippen LogP contribution in [0.25, 0.3) is 0 Å².